The Morgan fingerprint density at radius 1 is 1.02 bits per heavy atom. The molecule has 0 radical (unpaired) electrons. The molecule has 2 heterocycles. The molecule has 4 aromatic rings. The summed E-state index contributed by atoms with van der Waals surface area (Å²) in [7, 11) is -4.15. The molecule has 0 saturated carbocycles. The number of carbonyl (C=O) groups excluding carboxylic acids is 2. The molecule has 0 saturated heterocycles. The van der Waals surface area contributed by atoms with Crippen LogP contribution < -0.4 is 10.0 Å². The van der Waals surface area contributed by atoms with E-state index < -0.39 is 16.0 Å². The van der Waals surface area contributed by atoms with E-state index in [1.165, 1.54) is 30.4 Å². The second-order valence-corrected chi connectivity index (χ2v) is 14.0. The fraction of sp³-hybridized carbons (Fsp3) is 0.286. The van der Waals surface area contributed by atoms with Crippen LogP contribution in [-0.4, -0.2) is 36.7 Å². The molecule has 2 N–H and O–H groups in total. The van der Waals surface area contributed by atoms with E-state index in [9.17, 15) is 18.0 Å². The molecule has 13 heteroatoms. The number of Topliss-reactive ketones (excluding diaryl/α,β-unsaturated/α-hetero) is 1. The number of hydrogen-bond donors (Lipinski definition) is 2. The van der Waals surface area contributed by atoms with Gasteiger partial charge in [0.2, 0.25) is 0 Å². The molecule has 0 amide bonds. The summed E-state index contributed by atoms with van der Waals surface area (Å²) >= 11 is 8.25. The normalized spacial score (nSPS) is 13.1. The lowest BCUT2D eigenvalue weighted by Crippen LogP contribution is -2.17. The zero-order valence-electron chi connectivity index (χ0n) is 22.2. The molecule has 0 fully saturated rings. The highest BCUT2D eigenvalue weighted by molar-refractivity contribution is 9.11. The largest absolute Gasteiger partial charge is 0.462 e. The first-order valence-corrected chi connectivity index (χ1v) is 16.8. The van der Waals surface area contributed by atoms with Crippen molar-refractivity contribution in [3.8, 4) is 0 Å². The summed E-state index contributed by atoms with van der Waals surface area (Å²) in [4.78, 5) is 35.0. The van der Waals surface area contributed by atoms with Gasteiger partial charge in [-0.2, -0.15) is 0 Å². The number of rotatable bonds is 9. The summed E-state index contributed by atoms with van der Waals surface area (Å²) in [6, 6.07) is 10.0. The Balaban J connectivity index is 1.58. The SMILES string of the molecule is CCOC(=O)c1c(Nc2nc3ccccc3nc2NS(=O)(=O)c2cc(Br)c(CC(C)=O)c(Br)c2)sc2c1CCCC2. The molecule has 0 unspecified atom stereocenters. The molecule has 2 aromatic heterocycles. The van der Waals surface area contributed by atoms with Crippen molar-refractivity contribution < 1.29 is 22.7 Å². The number of para-hydroxylation sites is 2. The van der Waals surface area contributed by atoms with Crippen LogP contribution in [0.3, 0.4) is 0 Å². The highest BCUT2D eigenvalue weighted by Crippen LogP contribution is 2.41. The van der Waals surface area contributed by atoms with E-state index in [4.69, 9.17) is 4.74 Å². The number of ether oxygens (including phenoxy) is 1. The van der Waals surface area contributed by atoms with Crippen molar-refractivity contribution in [2.24, 2.45) is 0 Å². The number of anilines is 3. The van der Waals surface area contributed by atoms with Gasteiger partial charge in [0.05, 0.1) is 28.1 Å². The number of nitrogens with zero attached hydrogens (tertiary/aromatic N) is 2. The van der Waals surface area contributed by atoms with Crippen LogP contribution in [0.25, 0.3) is 11.0 Å². The molecule has 5 rings (SSSR count). The molecule has 0 atom stereocenters. The number of aromatic nitrogens is 2. The molecular weight excluding hydrogens is 696 g/mol. The first-order chi connectivity index (χ1) is 19.6. The van der Waals surface area contributed by atoms with Crippen LogP contribution in [0.1, 0.15) is 53.1 Å². The summed E-state index contributed by atoms with van der Waals surface area (Å²) in [6.45, 7) is 3.46. The average molecular weight is 722 g/mol. The Morgan fingerprint density at radius 3 is 2.29 bits per heavy atom. The highest BCUT2D eigenvalue weighted by Gasteiger charge is 2.28. The van der Waals surface area contributed by atoms with E-state index in [2.05, 4.69) is 51.9 Å². The van der Waals surface area contributed by atoms with Crippen LogP contribution in [0.15, 0.2) is 50.2 Å². The third-order valence-electron chi connectivity index (χ3n) is 6.53. The van der Waals surface area contributed by atoms with Gasteiger partial charge in [-0.1, -0.05) is 44.0 Å². The van der Waals surface area contributed by atoms with Gasteiger partial charge >= 0.3 is 5.97 Å². The third-order valence-corrected chi connectivity index (χ3v) is 10.5. The Labute approximate surface area is 258 Å². The molecule has 1 aliphatic carbocycles. The van der Waals surface area contributed by atoms with E-state index in [1.54, 1.807) is 25.1 Å². The fourth-order valence-corrected chi connectivity index (χ4v) is 8.79. The lowest BCUT2D eigenvalue weighted by Gasteiger charge is -2.15. The molecule has 9 nitrogen and oxygen atoms in total. The minimum absolute atomic E-state index is 0.0232. The second kappa shape index (κ2) is 12.2. The maximum Gasteiger partial charge on any atom is 0.341 e. The van der Waals surface area contributed by atoms with Gasteiger partial charge in [-0.3, -0.25) is 9.52 Å². The number of thiophene rings is 1. The van der Waals surface area contributed by atoms with Crippen LogP contribution in [0.2, 0.25) is 0 Å². The van der Waals surface area contributed by atoms with Crippen molar-refractivity contribution >= 4 is 92.6 Å². The van der Waals surface area contributed by atoms with Gasteiger partial charge in [-0.15, -0.1) is 11.3 Å². The number of aryl methyl sites for hydroxylation is 1. The number of fused-ring (bicyclic) bond motifs is 2. The second-order valence-electron chi connectivity index (χ2n) is 9.52. The van der Waals surface area contributed by atoms with Crippen molar-refractivity contribution in [2.45, 2.75) is 50.8 Å². The quantitative estimate of drug-likeness (QED) is 0.178. The molecule has 1 aliphatic rings. The van der Waals surface area contributed by atoms with Crippen molar-refractivity contribution in [3.05, 3.63) is 66.9 Å². The van der Waals surface area contributed by atoms with E-state index in [1.807, 2.05) is 6.07 Å². The summed E-state index contributed by atoms with van der Waals surface area (Å²) in [5.41, 5.74) is 3.13. The van der Waals surface area contributed by atoms with Gasteiger partial charge < -0.3 is 10.1 Å². The van der Waals surface area contributed by atoms with Gasteiger partial charge in [-0.25, -0.2) is 23.2 Å². The zero-order valence-corrected chi connectivity index (χ0v) is 27.0. The van der Waals surface area contributed by atoms with E-state index in [0.717, 1.165) is 36.1 Å². The van der Waals surface area contributed by atoms with Gasteiger partial charge in [0.15, 0.2) is 11.6 Å². The van der Waals surface area contributed by atoms with Crippen molar-refractivity contribution in [3.63, 3.8) is 0 Å². The molecule has 41 heavy (non-hydrogen) atoms. The van der Waals surface area contributed by atoms with Gasteiger partial charge in [0.25, 0.3) is 10.0 Å². The number of esters is 1. The minimum atomic E-state index is -4.15. The Bertz CT molecular complexity index is 1770. The highest BCUT2D eigenvalue weighted by atomic mass is 79.9. The van der Waals surface area contributed by atoms with Crippen LogP contribution >= 0.6 is 43.2 Å². The smallest absolute Gasteiger partial charge is 0.341 e. The van der Waals surface area contributed by atoms with Crippen LogP contribution in [0.5, 0.6) is 0 Å². The topological polar surface area (TPSA) is 127 Å². The van der Waals surface area contributed by atoms with Crippen LogP contribution in [-0.2, 0) is 38.8 Å². The minimum Gasteiger partial charge on any atom is -0.462 e. The monoisotopic (exact) mass is 720 g/mol. The summed E-state index contributed by atoms with van der Waals surface area (Å²) in [5.74, 6) is -0.349. The van der Waals surface area contributed by atoms with Crippen molar-refractivity contribution in [1.82, 2.24) is 9.97 Å². The van der Waals surface area contributed by atoms with Crippen LogP contribution in [0, 0.1) is 0 Å². The number of hydrogen-bond acceptors (Lipinski definition) is 9. The predicted octanol–water partition coefficient (Wildman–Crippen LogP) is 6.95. The zero-order chi connectivity index (χ0) is 29.3. The standard InChI is InChI=1S/C28H26Br2N4O5S2/c1-3-39-28(36)24-17-8-4-7-11-23(17)40-27(24)33-25-26(32-22-10-6-5-9-21(22)31-25)34-41(37,38)16-13-19(29)18(12-15(2)35)20(30)14-16/h5-6,9-10,13-14H,3-4,7-8,11-12H2,1-2H3,(H,31,33)(H,32,34). The number of ketones is 1. The lowest BCUT2D eigenvalue weighted by atomic mass is 9.95. The molecule has 0 spiro atoms. The maximum absolute atomic E-state index is 13.6. The van der Waals surface area contributed by atoms with Gasteiger partial charge in [0, 0.05) is 20.2 Å². The number of carbonyl (C=O) groups is 2. The Hall–Kier alpha value is -2.87. The lowest BCUT2D eigenvalue weighted by molar-refractivity contribution is -0.116. The number of sulfonamides is 1. The van der Waals surface area contributed by atoms with E-state index in [0.29, 0.717) is 36.1 Å². The summed E-state index contributed by atoms with van der Waals surface area (Å²) in [6.07, 6.45) is 3.79. The van der Waals surface area contributed by atoms with Gasteiger partial charge in [0.1, 0.15) is 10.8 Å². The van der Waals surface area contributed by atoms with Gasteiger partial charge in [-0.05, 0) is 74.9 Å². The van der Waals surface area contributed by atoms with E-state index >= 15 is 0 Å². The first-order valence-electron chi connectivity index (χ1n) is 12.9. The Morgan fingerprint density at radius 2 is 1.66 bits per heavy atom. The third kappa shape index (κ3) is 6.32. The molecule has 0 bridgehead atoms. The molecule has 0 aliphatic heterocycles. The predicted molar refractivity (Wildman–Crippen MR) is 167 cm³/mol. The molecule has 214 valence electrons. The fourth-order valence-electron chi connectivity index (χ4n) is 4.68. The number of halogens is 2. The van der Waals surface area contributed by atoms with Crippen molar-refractivity contribution in [1.29, 1.82) is 0 Å². The summed E-state index contributed by atoms with van der Waals surface area (Å²) in [5, 5.41) is 3.76. The number of nitrogens with one attached hydrogen (secondary N) is 2. The molecule has 2 aromatic carbocycles. The number of benzene rings is 2. The Kier molecular flexibility index (Phi) is 8.78. The average Bonchev–Trinajstić information content (AvgIpc) is 3.28. The van der Waals surface area contributed by atoms with Crippen molar-refractivity contribution in [2.75, 3.05) is 16.6 Å². The van der Waals surface area contributed by atoms with E-state index in [-0.39, 0.29) is 35.3 Å². The molecular formula is C28H26Br2N4O5S2. The first kappa shape index (κ1) is 29.6. The maximum atomic E-state index is 13.6. The van der Waals surface area contributed by atoms with Crippen LogP contribution in [0.4, 0.5) is 16.6 Å². The summed E-state index contributed by atoms with van der Waals surface area (Å²) < 4.78 is 36.1.